The second-order valence-electron chi connectivity index (χ2n) is 2.92. The van der Waals surface area contributed by atoms with Gasteiger partial charge in [-0.05, 0) is 12.8 Å². The van der Waals surface area contributed by atoms with E-state index in [1.807, 2.05) is 0 Å². The van der Waals surface area contributed by atoms with E-state index in [0.29, 0.717) is 5.82 Å². The van der Waals surface area contributed by atoms with Crippen molar-refractivity contribution in [3.63, 3.8) is 0 Å². The Morgan fingerprint density at radius 1 is 1.62 bits per heavy atom. The number of H-pyrrole nitrogens is 1. The Bertz CT molecular complexity index is 322. The summed E-state index contributed by atoms with van der Waals surface area (Å²) in [5.74, 6) is 0.815. The summed E-state index contributed by atoms with van der Waals surface area (Å²) in [6.45, 7) is 2.11. The lowest BCUT2D eigenvalue weighted by Crippen LogP contribution is -2.11. The lowest BCUT2D eigenvalue weighted by molar-refractivity contribution is 0.763. The Morgan fingerprint density at radius 3 is 3.00 bits per heavy atom. The van der Waals surface area contributed by atoms with E-state index in [4.69, 9.17) is 11.6 Å². The molecule has 0 radical (unpaired) electrons. The third-order valence-corrected chi connectivity index (χ3v) is 2.01. The maximum atomic E-state index is 11.1. The van der Waals surface area contributed by atoms with E-state index < -0.39 is 0 Å². The zero-order valence-electron chi connectivity index (χ0n) is 7.64. The number of halogens is 1. The summed E-state index contributed by atoms with van der Waals surface area (Å²) >= 11 is 5.57. The molecule has 0 aliphatic carbocycles. The fourth-order valence-corrected chi connectivity index (χ4v) is 1.24. The molecule has 0 saturated carbocycles. The monoisotopic (exact) mass is 200 g/mol. The molecule has 0 unspecified atom stereocenters. The smallest absolute Gasteiger partial charge is 0.251 e. The maximum Gasteiger partial charge on any atom is 0.251 e. The first-order valence-electron chi connectivity index (χ1n) is 4.41. The molecule has 1 rings (SSSR count). The van der Waals surface area contributed by atoms with Crippen molar-refractivity contribution in [1.82, 2.24) is 9.97 Å². The van der Waals surface area contributed by atoms with Gasteiger partial charge in [0.15, 0.2) is 0 Å². The largest absolute Gasteiger partial charge is 0.310 e. The van der Waals surface area contributed by atoms with Gasteiger partial charge in [-0.2, -0.15) is 0 Å². The number of alkyl halides is 1. The summed E-state index contributed by atoms with van der Waals surface area (Å²) in [4.78, 5) is 17.9. The minimum absolute atomic E-state index is 0.114. The second kappa shape index (κ2) is 5.02. The summed E-state index contributed by atoms with van der Waals surface area (Å²) in [5.41, 5.74) is 0.720. The van der Waals surface area contributed by atoms with Crippen LogP contribution in [0.3, 0.4) is 0 Å². The van der Waals surface area contributed by atoms with Gasteiger partial charge in [0.2, 0.25) is 0 Å². The highest BCUT2D eigenvalue weighted by atomic mass is 35.5. The maximum absolute atomic E-state index is 11.1. The average Bonchev–Trinajstić information content (AvgIpc) is 2.14. The van der Waals surface area contributed by atoms with Gasteiger partial charge in [0.1, 0.15) is 5.82 Å². The molecule has 1 N–H and O–H groups in total. The highest BCUT2D eigenvalue weighted by molar-refractivity contribution is 6.16. The van der Waals surface area contributed by atoms with E-state index in [-0.39, 0.29) is 11.4 Å². The van der Waals surface area contributed by atoms with Crippen LogP contribution < -0.4 is 5.56 Å². The predicted octanol–water partition coefficient (Wildman–Crippen LogP) is 1.85. The number of hydrogen-bond acceptors (Lipinski definition) is 2. The van der Waals surface area contributed by atoms with Crippen LogP contribution in [0.5, 0.6) is 0 Å². The van der Waals surface area contributed by atoms with E-state index in [1.54, 1.807) is 0 Å². The molecule has 3 nitrogen and oxygen atoms in total. The Kier molecular flexibility index (Phi) is 3.96. The molecular formula is C9H13ClN2O. The highest BCUT2D eigenvalue weighted by Gasteiger charge is 1.99. The van der Waals surface area contributed by atoms with Crippen molar-refractivity contribution in [2.75, 3.05) is 0 Å². The van der Waals surface area contributed by atoms with E-state index >= 15 is 0 Å². The van der Waals surface area contributed by atoms with Crippen molar-refractivity contribution >= 4 is 11.6 Å². The standard InChI is InChI=1S/C9H13ClN2O/c1-2-3-4-7-5-9(13)12-8(6-10)11-7/h5H,2-4,6H2,1H3,(H,11,12,13). The third kappa shape index (κ3) is 3.19. The van der Waals surface area contributed by atoms with E-state index in [2.05, 4.69) is 16.9 Å². The SMILES string of the molecule is CCCCc1cc(=O)[nH]c(CCl)n1. The Balaban J connectivity index is 2.82. The number of nitrogens with zero attached hydrogens (tertiary/aromatic N) is 1. The van der Waals surface area contributed by atoms with E-state index in [0.717, 1.165) is 25.0 Å². The van der Waals surface area contributed by atoms with Crippen LogP contribution in [0, 0.1) is 0 Å². The van der Waals surface area contributed by atoms with Gasteiger partial charge in [0.05, 0.1) is 5.88 Å². The first kappa shape index (κ1) is 10.3. The molecule has 1 aromatic heterocycles. The summed E-state index contributed by atoms with van der Waals surface area (Å²) < 4.78 is 0. The molecule has 0 aliphatic rings. The van der Waals surface area contributed by atoms with Gasteiger partial charge in [-0.1, -0.05) is 13.3 Å². The van der Waals surface area contributed by atoms with Crippen LogP contribution in [0.1, 0.15) is 31.3 Å². The van der Waals surface area contributed by atoms with Gasteiger partial charge >= 0.3 is 0 Å². The molecule has 0 bridgehead atoms. The number of aromatic amines is 1. The predicted molar refractivity (Wildman–Crippen MR) is 53.0 cm³/mol. The molecule has 4 heteroatoms. The molecule has 72 valence electrons. The van der Waals surface area contributed by atoms with Crippen LogP contribution in [0.25, 0.3) is 0 Å². The lowest BCUT2D eigenvalue weighted by Gasteiger charge is -2.00. The first-order valence-corrected chi connectivity index (χ1v) is 4.94. The lowest BCUT2D eigenvalue weighted by atomic mass is 10.2. The third-order valence-electron chi connectivity index (χ3n) is 1.76. The molecule has 0 atom stereocenters. The molecule has 0 fully saturated rings. The van der Waals surface area contributed by atoms with Gasteiger partial charge in [-0.3, -0.25) is 4.79 Å². The van der Waals surface area contributed by atoms with Gasteiger partial charge in [0, 0.05) is 11.8 Å². The summed E-state index contributed by atoms with van der Waals surface area (Å²) in [6.07, 6.45) is 3.01. The normalized spacial score (nSPS) is 10.3. The Morgan fingerprint density at radius 2 is 2.38 bits per heavy atom. The average molecular weight is 201 g/mol. The van der Waals surface area contributed by atoms with E-state index in [9.17, 15) is 4.79 Å². The van der Waals surface area contributed by atoms with Crippen LogP contribution in [-0.2, 0) is 12.3 Å². The van der Waals surface area contributed by atoms with Crippen molar-refractivity contribution in [2.45, 2.75) is 32.1 Å². The van der Waals surface area contributed by atoms with Gasteiger partial charge < -0.3 is 4.98 Å². The fourth-order valence-electron chi connectivity index (χ4n) is 1.11. The number of nitrogens with one attached hydrogen (secondary N) is 1. The number of aryl methyl sites for hydroxylation is 1. The number of unbranched alkanes of at least 4 members (excludes halogenated alkanes) is 1. The van der Waals surface area contributed by atoms with Crippen molar-refractivity contribution in [2.24, 2.45) is 0 Å². The zero-order chi connectivity index (χ0) is 9.68. The minimum Gasteiger partial charge on any atom is -0.310 e. The van der Waals surface area contributed by atoms with Crippen LogP contribution in [0.4, 0.5) is 0 Å². The van der Waals surface area contributed by atoms with Crippen LogP contribution in [0.2, 0.25) is 0 Å². The second-order valence-corrected chi connectivity index (χ2v) is 3.19. The van der Waals surface area contributed by atoms with Gasteiger partial charge in [0.25, 0.3) is 5.56 Å². The molecule has 0 aliphatic heterocycles. The van der Waals surface area contributed by atoms with Crippen molar-refractivity contribution in [1.29, 1.82) is 0 Å². The van der Waals surface area contributed by atoms with Crippen molar-refractivity contribution in [3.8, 4) is 0 Å². The van der Waals surface area contributed by atoms with Gasteiger partial charge in [-0.15, -0.1) is 11.6 Å². The minimum atomic E-state index is -0.114. The molecule has 0 aromatic carbocycles. The fraction of sp³-hybridized carbons (Fsp3) is 0.556. The van der Waals surface area contributed by atoms with Crippen LogP contribution in [-0.4, -0.2) is 9.97 Å². The summed E-state index contributed by atoms with van der Waals surface area (Å²) in [6, 6.07) is 1.53. The Labute approximate surface area is 82.2 Å². The molecule has 1 aromatic rings. The van der Waals surface area contributed by atoms with E-state index in [1.165, 1.54) is 6.07 Å². The highest BCUT2D eigenvalue weighted by Crippen LogP contribution is 2.00. The number of rotatable bonds is 4. The molecule has 1 heterocycles. The molecule has 13 heavy (non-hydrogen) atoms. The Hall–Kier alpha value is -0.830. The van der Waals surface area contributed by atoms with Crippen LogP contribution in [0.15, 0.2) is 10.9 Å². The van der Waals surface area contributed by atoms with Crippen molar-refractivity contribution in [3.05, 3.63) is 27.9 Å². The first-order chi connectivity index (χ1) is 6.26. The number of aromatic nitrogens is 2. The summed E-state index contributed by atoms with van der Waals surface area (Å²) in [7, 11) is 0. The van der Waals surface area contributed by atoms with Crippen molar-refractivity contribution < 1.29 is 0 Å². The number of hydrogen-bond donors (Lipinski definition) is 1. The molecular weight excluding hydrogens is 188 g/mol. The van der Waals surface area contributed by atoms with Crippen LogP contribution >= 0.6 is 11.6 Å². The molecule has 0 amide bonds. The quantitative estimate of drug-likeness (QED) is 0.755. The zero-order valence-corrected chi connectivity index (χ0v) is 8.40. The summed E-state index contributed by atoms with van der Waals surface area (Å²) in [5, 5.41) is 0. The topological polar surface area (TPSA) is 45.8 Å². The van der Waals surface area contributed by atoms with Gasteiger partial charge in [-0.25, -0.2) is 4.98 Å². The molecule has 0 spiro atoms. The molecule has 0 saturated heterocycles.